The first-order chi connectivity index (χ1) is 6.22. The van der Waals surface area contributed by atoms with E-state index in [9.17, 15) is 5.11 Å². The average molecular weight is 196 g/mol. The first kappa shape index (κ1) is 8.45. The second-order valence-electron chi connectivity index (χ2n) is 2.81. The molecule has 0 spiro atoms. The fourth-order valence-electron chi connectivity index (χ4n) is 1.28. The number of hydrogen-bond donors (Lipinski definition) is 1. The number of halogens is 1. The lowest BCUT2D eigenvalue weighted by Crippen LogP contribution is -1.76. The molecule has 3 heteroatoms. The first-order valence-corrected chi connectivity index (χ1v) is 4.28. The molecule has 2 nitrogen and oxygen atoms in total. The minimum absolute atomic E-state index is 0.0743. The standard InChI is InChI=1S/C10H8ClO2/c1-2-6-5-13-10-4-8(11)9(12)3-7(6)10/h3-5,12H,1-2H2. The molecule has 67 valence electrons. The third kappa shape index (κ3) is 1.27. The van der Waals surface area contributed by atoms with Gasteiger partial charge in [-0.1, -0.05) is 11.6 Å². The van der Waals surface area contributed by atoms with E-state index in [-0.39, 0.29) is 5.75 Å². The SMILES string of the molecule is [CH2]Cc1coc2cc(Cl)c(O)cc12. The lowest BCUT2D eigenvalue weighted by molar-refractivity contribution is 0.476. The van der Waals surface area contributed by atoms with E-state index in [4.69, 9.17) is 16.0 Å². The Morgan fingerprint density at radius 3 is 2.92 bits per heavy atom. The molecule has 0 atom stereocenters. The summed E-state index contributed by atoms with van der Waals surface area (Å²) in [4.78, 5) is 0. The van der Waals surface area contributed by atoms with Gasteiger partial charge in [-0.05, 0) is 25.0 Å². The molecule has 0 unspecified atom stereocenters. The van der Waals surface area contributed by atoms with Crippen LogP contribution in [0.2, 0.25) is 5.02 Å². The van der Waals surface area contributed by atoms with Gasteiger partial charge in [0.15, 0.2) is 0 Å². The van der Waals surface area contributed by atoms with Crippen molar-refractivity contribution in [2.45, 2.75) is 6.42 Å². The Kier molecular flexibility index (Phi) is 1.93. The van der Waals surface area contributed by atoms with Crippen LogP contribution in [0.1, 0.15) is 5.56 Å². The molecular weight excluding hydrogens is 188 g/mol. The van der Waals surface area contributed by atoms with Gasteiger partial charge in [0.05, 0.1) is 11.3 Å². The van der Waals surface area contributed by atoms with Crippen LogP contribution >= 0.6 is 11.6 Å². The van der Waals surface area contributed by atoms with E-state index >= 15 is 0 Å². The summed E-state index contributed by atoms with van der Waals surface area (Å²) in [5.74, 6) is 0.0743. The van der Waals surface area contributed by atoms with Crippen molar-refractivity contribution < 1.29 is 9.52 Å². The predicted molar refractivity (Wildman–Crippen MR) is 51.9 cm³/mol. The van der Waals surface area contributed by atoms with Gasteiger partial charge in [-0.3, -0.25) is 0 Å². The van der Waals surface area contributed by atoms with E-state index in [0.29, 0.717) is 17.0 Å². The molecule has 0 saturated heterocycles. The minimum atomic E-state index is 0.0743. The van der Waals surface area contributed by atoms with Gasteiger partial charge in [0, 0.05) is 11.5 Å². The summed E-state index contributed by atoms with van der Waals surface area (Å²) in [5.41, 5.74) is 1.66. The highest BCUT2D eigenvalue weighted by molar-refractivity contribution is 6.32. The molecule has 1 aromatic heterocycles. The van der Waals surface area contributed by atoms with Gasteiger partial charge < -0.3 is 9.52 Å². The zero-order valence-corrected chi connectivity index (χ0v) is 7.64. The van der Waals surface area contributed by atoms with Gasteiger partial charge in [-0.25, -0.2) is 0 Å². The Balaban J connectivity index is 2.77. The van der Waals surface area contributed by atoms with Crippen LogP contribution in [-0.2, 0) is 6.42 Å². The topological polar surface area (TPSA) is 33.4 Å². The van der Waals surface area contributed by atoms with Gasteiger partial charge in [0.25, 0.3) is 0 Å². The van der Waals surface area contributed by atoms with Crippen molar-refractivity contribution in [3.05, 3.63) is 35.9 Å². The van der Waals surface area contributed by atoms with Crippen LogP contribution < -0.4 is 0 Å². The fourth-order valence-corrected chi connectivity index (χ4v) is 1.44. The summed E-state index contributed by atoms with van der Waals surface area (Å²) in [6.07, 6.45) is 2.27. The van der Waals surface area contributed by atoms with Crippen molar-refractivity contribution in [1.29, 1.82) is 0 Å². The molecule has 1 radical (unpaired) electrons. The molecule has 13 heavy (non-hydrogen) atoms. The molecule has 2 rings (SSSR count). The molecule has 2 aromatic rings. The van der Waals surface area contributed by atoms with Gasteiger partial charge in [-0.2, -0.15) is 0 Å². The number of fused-ring (bicyclic) bond motifs is 1. The zero-order valence-electron chi connectivity index (χ0n) is 6.88. The minimum Gasteiger partial charge on any atom is -0.506 e. The Morgan fingerprint density at radius 2 is 2.23 bits per heavy atom. The molecular formula is C10H8ClO2. The summed E-state index contributed by atoms with van der Waals surface area (Å²) in [6, 6.07) is 3.20. The second kappa shape index (κ2) is 2.96. The maximum atomic E-state index is 9.36. The van der Waals surface area contributed by atoms with Crippen LogP contribution in [0.3, 0.4) is 0 Å². The normalized spacial score (nSPS) is 10.9. The zero-order chi connectivity index (χ0) is 9.42. The van der Waals surface area contributed by atoms with Crippen LogP contribution in [-0.4, -0.2) is 5.11 Å². The molecule has 1 N–H and O–H groups in total. The van der Waals surface area contributed by atoms with Crippen LogP contribution in [0.4, 0.5) is 0 Å². The molecule has 0 aliphatic carbocycles. The van der Waals surface area contributed by atoms with Gasteiger partial charge in [0.1, 0.15) is 11.3 Å². The van der Waals surface area contributed by atoms with E-state index in [1.165, 1.54) is 0 Å². The molecule has 0 amide bonds. The Bertz CT molecular complexity index is 445. The van der Waals surface area contributed by atoms with Crippen molar-refractivity contribution >= 4 is 22.6 Å². The number of hydrogen-bond acceptors (Lipinski definition) is 2. The largest absolute Gasteiger partial charge is 0.506 e. The van der Waals surface area contributed by atoms with Crippen LogP contribution in [0, 0.1) is 6.92 Å². The van der Waals surface area contributed by atoms with Gasteiger partial charge in [-0.15, -0.1) is 0 Å². The third-order valence-corrected chi connectivity index (χ3v) is 2.30. The summed E-state index contributed by atoms with van der Waals surface area (Å²) < 4.78 is 5.24. The smallest absolute Gasteiger partial charge is 0.135 e. The van der Waals surface area contributed by atoms with Gasteiger partial charge in [0.2, 0.25) is 0 Å². The summed E-state index contributed by atoms with van der Waals surface area (Å²) in [7, 11) is 0. The number of benzene rings is 1. The Hall–Kier alpha value is -1.15. The number of furan rings is 1. The number of phenols is 1. The van der Waals surface area contributed by atoms with Crippen LogP contribution in [0.5, 0.6) is 5.75 Å². The van der Waals surface area contributed by atoms with Crippen molar-refractivity contribution in [2.75, 3.05) is 0 Å². The highest BCUT2D eigenvalue weighted by Gasteiger charge is 2.07. The summed E-state index contributed by atoms with van der Waals surface area (Å²) in [5, 5.41) is 10.5. The number of rotatable bonds is 1. The highest BCUT2D eigenvalue weighted by atomic mass is 35.5. The lowest BCUT2D eigenvalue weighted by atomic mass is 10.1. The maximum Gasteiger partial charge on any atom is 0.135 e. The monoisotopic (exact) mass is 195 g/mol. The van der Waals surface area contributed by atoms with E-state index in [0.717, 1.165) is 10.9 Å². The second-order valence-corrected chi connectivity index (χ2v) is 3.22. The summed E-state index contributed by atoms with van der Waals surface area (Å²) in [6.45, 7) is 3.76. The molecule has 0 fully saturated rings. The fraction of sp³-hybridized carbons (Fsp3) is 0.100. The Morgan fingerprint density at radius 1 is 1.46 bits per heavy atom. The third-order valence-electron chi connectivity index (χ3n) is 1.99. The molecule has 1 aromatic carbocycles. The first-order valence-electron chi connectivity index (χ1n) is 3.90. The van der Waals surface area contributed by atoms with Crippen molar-refractivity contribution in [3.8, 4) is 5.75 Å². The molecule has 0 saturated carbocycles. The van der Waals surface area contributed by atoms with Crippen molar-refractivity contribution in [1.82, 2.24) is 0 Å². The summed E-state index contributed by atoms with van der Waals surface area (Å²) >= 11 is 5.71. The molecule has 0 aliphatic heterocycles. The van der Waals surface area contributed by atoms with Gasteiger partial charge >= 0.3 is 0 Å². The van der Waals surface area contributed by atoms with Crippen LogP contribution in [0.15, 0.2) is 22.8 Å². The molecule has 1 heterocycles. The van der Waals surface area contributed by atoms with Crippen molar-refractivity contribution in [3.63, 3.8) is 0 Å². The quantitative estimate of drug-likeness (QED) is 0.758. The number of phenolic OH excluding ortho intramolecular Hbond substituents is 1. The van der Waals surface area contributed by atoms with Crippen LogP contribution in [0.25, 0.3) is 11.0 Å². The van der Waals surface area contributed by atoms with E-state index in [1.54, 1.807) is 18.4 Å². The van der Waals surface area contributed by atoms with E-state index in [2.05, 4.69) is 6.92 Å². The number of aromatic hydroxyl groups is 1. The predicted octanol–water partition coefficient (Wildman–Crippen LogP) is 3.17. The van der Waals surface area contributed by atoms with Crippen molar-refractivity contribution in [2.24, 2.45) is 0 Å². The molecule has 0 bridgehead atoms. The Labute approximate surface area is 80.7 Å². The average Bonchev–Trinajstić information content (AvgIpc) is 2.48. The van der Waals surface area contributed by atoms with E-state index < -0.39 is 0 Å². The maximum absolute atomic E-state index is 9.36. The lowest BCUT2D eigenvalue weighted by Gasteiger charge is -1.96. The molecule has 0 aliphatic rings. The highest BCUT2D eigenvalue weighted by Crippen LogP contribution is 2.31. The van der Waals surface area contributed by atoms with E-state index in [1.807, 2.05) is 0 Å².